The van der Waals surface area contributed by atoms with Crippen molar-refractivity contribution in [1.82, 2.24) is 9.55 Å². The molecule has 1 saturated heterocycles. The van der Waals surface area contributed by atoms with Crippen LogP contribution in [0.1, 0.15) is 34.7 Å². The molecule has 0 aliphatic carbocycles. The summed E-state index contributed by atoms with van der Waals surface area (Å²) in [5, 5.41) is 12.9. The molecule has 1 atom stereocenters. The maximum atomic E-state index is 12.9. The summed E-state index contributed by atoms with van der Waals surface area (Å²) >= 11 is 1.38. The molecule has 1 aromatic carbocycles. The van der Waals surface area contributed by atoms with Gasteiger partial charge in [0.05, 0.1) is 18.9 Å². The van der Waals surface area contributed by atoms with Crippen molar-refractivity contribution in [3.8, 4) is 23.1 Å². The summed E-state index contributed by atoms with van der Waals surface area (Å²) in [5.41, 5.74) is 4.72. The van der Waals surface area contributed by atoms with Gasteiger partial charge in [-0.15, -0.1) is 11.3 Å². The number of carbonyl (C=O) groups excluding carboxylic acids is 1. The van der Waals surface area contributed by atoms with Crippen molar-refractivity contribution in [2.45, 2.75) is 46.3 Å². The highest BCUT2D eigenvalue weighted by Crippen LogP contribution is 2.31. The number of aromatic nitrogens is 2. The monoisotopic (exact) mass is 476 g/mol. The number of thiazole rings is 1. The van der Waals surface area contributed by atoms with Crippen LogP contribution in [0.5, 0.6) is 5.75 Å². The molecule has 3 heterocycles. The van der Waals surface area contributed by atoms with E-state index >= 15 is 0 Å². The first kappa shape index (κ1) is 23.7. The van der Waals surface area contributed by atoms with Crippen molar-refractivity contribution in [2.24, 2.45) is 0 Å². The van der Waals surface area contributed by atoms with E-state index < -0.39 is 5.91 Å². The van der Waals surface area contributed by atoms with Gasteiger partial charge in [0.25, 0.3) is 5.91 Å². The Hall–Kier alpha value is -3.41. The number of benzene rings is 1. The van der Waals surface area contributed by atoms with Gasteiger partial charge in [-0.25, -0.2) is 4.98 Å². The normalized spacial score (nSPS) is 15.9. The second-order valence-electron chi connectivity index (χ2n) is 8.35. The second-order valence-corrected chi connectivity index (χ2v) is 9.55. The van der Waals surface area contributed by atoms with Gasteiger partial charge in [0.1, 0.15) is 17.4 Å². The minimum Gasteiger partial charge on any atom is -0.497 e. The molecule has 4 rings (SSSR count). The second kappa shape index (κ2) is 10.2. The van der Waals surface area contributed by atoms with Gasteiger partial charge in [-0.05, 0) is 75.6 Å². The molecular weight excluding hydrogens is 448 g/mol. The lowest BCUT2D eigenvalue weighted by Gasteiger charge is -2.14. The van der Waals surface area contributed by atoms with Crippen LogP contribution in [0.3, 0.4) is 0 Å². The third-order valence-electron chi connectivity index (χ3n) is 6.07. The summed E-state index contributed by atoms with van der Waals surface area (Å²) in [5.74, 6) is 0.297. The summed E-state index contributed by atoms with van der Waals surface area (Å²) in [7, 11) is 1.62. The molecule has 3 aromatic rings. The average molecular weight is 477 g/mol. The van der Waals surface area contributed by atoms with Gasteiger partial charge in [-0.2, -0.15) is 5.26 Å². The quantitative estimate of drug-likeness (QED) is 0.371. The zero-order chi connectivity index (χ0) is 24.2. The van der Waals surface area contributed by atoms with Crippen LogP contribution in [-0.2, 0) is 16.1 Å². The zero-order valence-corrected chi connectivity index (χ0v) is 20.7. The highest BCUT2D eigenvalue weighted by Gasteiger charge is 2.20. The van der Waals surface area contributed by atoms with Gasteiger partial charge in [-0.1, -0.05) is 0 Å². The number of nitriles is 1. The summed E-state index contributed by atoms with van der Waals surface area (Å²) in [6, 6.07) is 11.7. The largest absolute Gasteiger partial charge is 0.497 e. The van der Waals surface area contributed by atoms with Crippen LogP contribution in [0.2, 0.25) is 0 Å². The van der Waals surface area contributed by atoms with E-state index in [1.165, 1.54) is 11.3 Å². The first-order valence-corrected chi connectivity index (χ1v) is 12.0. The number of anilines is 1. The molecule has 0 radical (unpaired) electrons. The Morgan fingerprint density at radius 1 is 1.35 bits per heavy atom. The molecular formula is C26H28N4O3S. The topological polar surface area (TPSA) is 89.2 Å². The van der Waals surface area contributed by atoms with Crippen molar-refractivity contribution in [2.75, 3.05) is 19.0 Å². The number of amides is 1. The number of aryl methyl sites for hydroxylation is 2. The number of ether oxygens (including phenoxy) is 2. The van der Waals surface area contributed by atoms with E-state index in [1.54, 1.807) is 13.2 Å². The average Bonchev–Trinajstić information content (AvgIpc) is 3.54. The standard InChI is InChI=1S/C26H28N4O3S/c1-16-12-20(17(2)30(16)15-23-6-5-11-33-23)13-21(14-27)25(31)29-26-28-24(18(3)34-26)19-7-9-22(32-4)10-8-19/h7-10,12-13,23H,5-6,11,15H2,1-4H3,(H,28,29,31)/b21-13+. The third-order valence-corrected chi connectivity index (χ3v) is 6.95. The van der Waals surface area contributed by atoms with Gasteiger partial charge in [-0.3, -0.25) is 10.1 Å². The van der Waals surface area contributed by atoms with Gasteiger partial charge in [0, 0.05) is 35.0 Å². The fourth-order valence-corrected chi connectivity index (χ4v) is 5.01. The van der Waals surface area contributed by atoms with Crippen LogP contribution in [0.4, 0.5) is 5.13 Å². The van der Waals surface area contributed by atoms with Gasteiger partial charge < -0.3 is 14.0 Å². The summed E-state index contributed by atoms with van der Waals surface area (Å²) < 4.78 is 13.2. The van der Waals surface area contributed by atoms with Crippen molar-refractivity contribution in [3.05, 3.63) is 57.7 Å². The highest BCUT2D eigenvalue weighted by molar-refractivity contribution is 7.16. The molecule has 1 N–H and O–H groups in total. The molecule has 1 aliphatic rings. The van der Waals surface area contributed by atoms with E-state index in [1.807, 2.05) is 57.2 Å². The Labute approximate surface area is 203 Å². The van der Waals surface area contributed by atoms with Gasteiger partial charge in [0.2, 0.25) is 0 Å². The first-order chi connectivity index (χ1) is 16.4. The molecule has 0 saturated carbocycles. The number of nitrogens with one attached hydrogen (secondary N) is 1. The minimum absolute atomic E-state index is 0.0382. The SMILES string of the molecule is COc1ccc(-c2nc(NC(=O)/C(C#N)=C/c3cc(C)n(CC4CCCO4)c3C)sc2C)cc1. The van der Waals surface area contributed by atoms with E-state index in [2.05, 4.69) is 14.9 Å². The lowest BCUT2D eigenvalue weighted by atomic mass is 10.1. The number of carbonyl (C=O) groups is 1. The molecule has 0 spiro atoms. The number of nitrogens with zero attached hydrogens (tertiary/aromatic N) is 3. The predicted octanol–water partition coefficient (Wildman–Crippen LogP) is 5.27. The minimum atomic E-state index is -0.471. The lowest BCUT2D eigenvalue weighted by molar-refractivity contribution is -0.112. The Kier molecular flexibility index (Phi) is 7.15. The smallest absolute Gasteiger partial charge is 0.268 e. The Morgan fingerprint density at radius 2 is 2.12 bits per heavy atom. The van der Waals surface area contributed by atoms with Crippen LogP contribution in [-0.4, -0.2) is 35.3 Å². The molecule has 2 aromatic heterocycles. The highest BCUT2D eigenvalue weighted by atomic mass is 32.1. The zero-order valence-electron chi connectivity index (χ0n) is 19.8. The number of methoxy groups -OCH3 is 1. The third kappa shape index (κ3) is 5.06. The van der Waals surface area contributed by atoms with Crippen molar-refractivity contribution in [3.63, 3.8) is 0 Å². The molecule has 1 fully saturated rings. The number of hydrogen-bond acceptors (Lipinski definition) is 6. The maximum absolute atomic E-state index is 12.9. The Morgan fingerprint density at radius 3 is 2.76 bits per heavy atom. The first-order valence-electron chi connectivity index (χ1n) is 11.2. The fourth-order valence-electron chi connectivity index (χ4n) is 4.18. The van der Waals surface area contributed by atoms with Crippen molar-refractivity contribution in [1.29, 1.82) is 5.26 Å². The Bertz CT molecular complexity index is 1260. The van der Waals surface area contributed by atoms with Crippen LogP contribution in [0.15, 0.2) is 35.9 Å². The van der Waals surface area contributed by atoms with E-state index in [-0.39, 0.29) is 11.7 Å². The predicted molar refractivity (Wildman–Crippen MR) is 134 cm³/mol. The summed E-state index contributed by atoms with van der Waals surface area (Å²) in [4.78, 5) is 18.4. The molecule has 34 heavy (non-hydrogen) atoms. The van der Waals surface area contributed by atoms with Crippen molar-refractivity contribution < 1.29 is 14.3 Å². The van der Waals surface area contributed by atoms with Gasteiger partial charge in [0.15, 0.2) is 5.13 Å². The van der Waals surface area contributed by atoms with E-state index in [0.29, 0.717) is 5.13 Å². The van der Waals surface area contributed by atoms with Crippen molar-refractivity contribution >= 4 is 28.5 Å². The molecule has 8 heteroatoms. The van der Waals surface area contributed by atoms with E-state index in [4.69, 9.17) is 9.47 Å². The lowest BCUT2D eigenvalue weighted by Crippen LogP contribution is -2.17. The Balaban J connectivity index is 1.52. The molecule has 1 unspecified atom stereocenters. The molecule has 7 nitrogen and oxygen atoms in total. The summed E-state index contributed by atoms with van der Waals surface area (Å²) in [6.07, 6.45) is 4.01. The maximum Gasteiger partial charge on any atom is 0.268 e. The van der Waals surface area contributed by atoms with Crippen LogP contribution in [0, 0.1) is 32.1 Å². The van der Waals surface area contributed by atoms with E-state index in [0.717, 1.165) is 64.8 Å². The molecule has 0 bridgehead atoms. The molecule has 1 aliphatic heterocycles. The number of hydrogen-bond donors (Lipinski definition) is 1. The van der Waals surface area contributed by atoms with Gasteiger partial charge >= 0.3 is 0 Å². The van der Waals surface area contributed by atoms with Crippen LogP contribution >= 0.6 is 11.3 Å². The summed E-state index contributed by atoms with van der Waals surface area (Å²) in [6.45, 7) is 7.59. The molecule has 176 valence electrons. The number of rotatable bonds is 7. The molecule has 1 amide bonds. The van der Waals surface area contributed by atoms with Crippen LogP contribution in [0.25, 0.3) is 17.3 Å². The van der Waals surface area contributed by atoms with Crippen LogP contribution < -0.4 is 10.1 Å². The van der Waals surface area contributed by atoms with E-state index in [9.17, 15) is 10.1 Å². The fraction of sp³-hybridized carbons (Fsp3) is 0.346.